The Morgan fingerprint density at radius 3 is 2.43 bits per heavy atom. The van der Waals surface area contributed by atoms with E-state index >= 15 is 0 Å². The first-order chi connectivity index (χ1) is 14.6. The highest BCUT2D eigenvalue weighted by atomic mass is 16.5. The van der Waals surface area contributed by atoms with Gasteiger partial charge in [-0.05, 0) is 61.2 Å². The van der Waals surface area contributed by atoms with E-state index in [-0.39, 0.29) is 5.56 Å². The first-order valence-corrected chi connectivity index (χ1v) is 11.0. The van der Waals surface area contributed by atoms with Crippen LogP contribution in [0.25, 0.3) is 0 Å². The molecule has 0 spiro atoms. The predicted octanol–water partition coefficient (Wildman–Crippen LogP) is 7.50. The average Bonchev–Trinajstić information content (AvgIpc) is 2.75. The number of unbranched alkanes of at least 4 members (excludes halogenated alkanes) is 4. The van der Waals surface area contributed by atoms with Crippen molar-refractivity contribution >= 4 is 5.97 Å². The van der Waals surface area contributed by atoms with Crippen molar-refractivity contribution in [3.8, 4) is 17.2 Å². The van der Waals surface area contributed by atoms with Gasteiger partial charge in [0.15, 0.2) is 0 Å². The molecule has 2 rings (SSSR count). The highest BCUT2D eigenvalue weighted by molar-refractivity contribution is 5.88. The van der Waals surface area contributed by atoms with Crippen molar-refractivity contribution in [2.75, 3.05) is 6.61 Å². The molecule has 1 atom stereocenters. The van der Waals surface area contributed by atoms with Gasteiger partial charge in [-0.3, -0.25) is 0 Å². The third-order valence-corrected chi connectivity index (χ3v) is 5.15. The fraction of sp³-hybridized carbons (Fsp3) is 0.423. The second kappa shape index (κ2) is 13.5. The summed E-state index contributed by atoms with van der Waals surface area (Å²) in [6.45, 7) is 6.83. The molecule has 0 amide bonds. The molecule has 0 radical (unpaired) electrons. The van der Waals surface area contributed by atoms with E-state index in [1.54, 1.807) is 12.1 Å². The first-order valence-electron chi connectivity index (χ1n) is 11.0. The molecule has 0 aromatic heterocycles. The minimum absolute atomic E-state index is 0.201. The zero-order chi connectivity index (χ0) is 21.6. The molecule has 2 aromatic rings. The molecule has 30 heavy (non-hydrogen) atoms. The Morgan fingerprint density at radius 1 is 1.00 bits per heavy atom. The molecule has 0 heterocycles. The Morgan fingerprint density at radius 2 is 1.73 bits per heavy atom. The van der Waals surface area contributed by atoms with Crippen LogP contribution in [0.15, 0.2) is 61.2 Å². The lowest BCUT2D eigenvalue weighted by atomic mass is 9.94. The molecule has 1 unspecified atom stereocenters. The minimum Gasteiger partial charge on any atom is -0.494 e. The van der Waals surface area contributed by atoms with Gasteiger partial charge in [-0.2, -0.15) is 0 Å². The summed E-state index contributed by atoms with van der Waals surface area (Å²) >= 11 is 0. The summed E-state index contributed by atoms with van der Waals surface area (Å²) in [6.07, 6.45) is 11.9. The van der Waals surface area contributed by atoms with Gasteiger partial charge in [0.2, 0.25) is 0 Å². The molecule has 0 fully saturated rings. The number of allylic oxidation sites excluding steroid dienone is 1. The third kappa shape index (κ3) is 8.73. The number of benzene rings is 2. The van der Waals surface area contributed by atoms with E-state index in [1.807, 2.05) is 30.3 Å². The predicted molar refractivity (Wildman–Crippen MR) is 122 cm³/mol. The molecule has 0 aliphatic carbocycles. The Balaban J connectivity index is 1.77. The number of aromatic carboxylic acids is 1. The van der Waals surface area contributed by atoms with Gasteiger partial charge in [0.1, 0.15) is 17.2 Å². The molecule has 162 valence electrons. The Labute approximate surface area is 180 Å². The molecular weight excluding hydrogens is 376 g/mol. The Bertz CT molecular complexity index is 767. The number of carbonyl (C=O) groups is 1. The molecule has 0 aliphatic rings. The molecule has 4 heteroatoms. The topological polar surface area (TPSA) is 55.8 Å². The molecule has 0 saturated heterocycles. The van der Waals surface area contributed by atoms with Crippen LogP contribution < -0.4 is 9.47 Å². The maximum atomic E-state index is 11.1. The van der Waals surface area contributed by atoms with Gasteiger partial charge in [-0.25, -0.2) is 4.79 Å². The van der Waals surface area contributed by atoms with Crippen LogP contribution in [0.2, 0.25) is 0 Å². The van der Waals surface area contributed by atoms with Crippen LogP contribution in [-0.2, 0) is 0 Å². The minimum atomic E-state index is -0.972. The van der Waals surface area contributed by atoms with Crippen molar-refractivity contribution in [3.05, 3.63) is 66.7 Å². The van der Waals surface area contributed by atoms with Crippen molar-refractivity contribution in [3.63, 3.8) is 0 Å². The normalized spacial score (nSPS) is 11.6. The lowest BCUT2D eigenvalue weighted by Crippen LogP contribution is -2.07. The van der Waals surface area contributed by atoms with Crippen molar-refractivity contribution in [1.82, 2.24) is 0 Å². The molecule has 0 aliphatic heterocycles. The number of rotatable bonds is 15. The largest absolute Gasteiger partial charge is 0.494 e. The van der Waals surface area contributed by atoms with E-state index in [0.717, 1.165) is 18.6 Å². The van der Waals surface area contributed by atoms with E-state index in [0.29, 0.717) is 24.0 Å². The molecule has 1 N–H and O–H groups in total. The van der Waals surface area contributed by atoms with Crippen LogP contribution in [-0.4, -0.2) is 17.7 Å². The summed E-state index contributed by atoms with van der Waals surface area (Å²) in [4.78, 5) is 11.1. The van der Waals surface area contributed by atoms with Crippen LogP contribution in [0.4, 0.5) is 0 Å². The van der Waals surface area contributed by atoms with Gasteiger partial charge in [0.25, 0.3) is 0 Å². The third-order valence-electron chi connectivity index (χ3n) is 5.15. The number of carboxylic acids is 1. The van der Waals surface area contributed by atoms with E-state index in [2.05, 4.69) is 13.5 Å². The van der Waals surface area contributed by atoms with Crippen LogP contribution in [0, 0.1) is 5.92 Å². The van der Waals surface area contributed by atoms with E-state index in [1.165, 1.54) is 50.7 Å². The average molecular weight is 411 g/mol. The zero-order valence-electron chi connectivity index (χ0n) is 18.0. The SMILES string of the molecule is C=CCC(CCCCCCC)CCOc1ccc(Oc2cccc(C(=O)O)c2)cc1. The van der Waals surface area contributed by atoms with Crippen molar-refractivity contribution in [2.24, 2.45) is 5.92 Å². The number of hydrogen-bond donors (Lipinski definition) is 1. The van der Waals surface area contributed by atoms with E-state index < -0.39 is 5.97 Å². The van der Waals surface area contributed by atoms with Crippen LogP contribution in [0.1, 0.15) is 68.6 Å². The number of hydrogen-bond acceptors (Lipinski definition) is 3. The highest BCUT2D eigenvalue weighted by Gasteiger charge is 2.08. The fourth-order valence-corrected chi connectivity index (χ4v) is 3.43. The summed E-state index contributed by atoms with van der Waals surface area (Å²) in [6, 6.07) is 13.9. The summed E-state index contributed by atoms with van der Waals surface area (Å²) in [5, 5.41) is 9.07. The van der Waals surface area contributed by atoms with Crippen molar-refractivity contribution < 1.29 is 19.4 Å². The van der Waals surface area contributed by atoms with Crippen LogP contribution in [0.5, 0.6) is 17.2 Å². The number of ether oxygens (including phenoxy) is 2. The Kier molecular flexibility index (Phi) is 10.6. The quantitative estimate of drug-likeness (QED) is 0.244. The zero-order valence-corrected chi connectivity index (χ0v) is 18.0. The summed E-state index contributed by atoms with van der Waals surface area (Å²) < 4.78 is 11.7. The van der Waals surface area contributed by atoms with Gasteiger partial charge >= 0.3 is 5.97 Å². The second-order valence-electron chi connectivity index (χ2n) is 7.64. The molecule has 2 aromatic carbocycles. The molecule has 4 nitrogen and oxygen atoms in total. The van der Waals surface area contributed by atoms with Crippen molar-refractivity contribution in [1.29, 1.82) is 0 Å². The van der Waals surface area contributed by atoms with E-state index in [4.69, 9.17) is 14.6 Å². The van der Waals surface area contributed by atoms with Gasteiger partial charge < -0.3 is 14.6 Å². The maximum absolute atomic E-state index is 11.1. The highest BCUT2D eigenvalue weighted by Crippen LogP contribution is 2.25. The second-order valence-corrected chi connectivity index (χ2v) is 7.64. The summed E-state index contributed by atoms with van der Waals surface area (Å²) in [7, 11) is 0. The summed E-state index contributed by atoms with van der Waals surface area (Å²) in [5.74, 6) is 1.60. The molecule has 0 bridgehead atoms. The lowest BCUT2D eigenvalue weighted by molar-refractivity contribution is 0.0696. The molecule has 0 saturated carbocycles. The van der Waals surface area contributed by atoms with Crippen molar-refractivity contribution in [2.45, 2.75) is 58.3 Å². The molecular formula is C26H34O4. The maximum Gasteiger partial charge on any atom is 0.335 e. The number of carboxylic acid groups (broad SMARTS) is 1. The van der Waals surface area contributed by atoms with Crippen LogP contribution >= 0.6 is 0 Å². The monoisotopic (exact) mass is 410 g/mol. The Hall–Kier alpha value is -2.75. The first kappa shape index (κ1) is 23.5. The standard InChI is InChI=1S/C26H34O4/c1-3-5-6-7-8-11-21(10-4-2)18-19-29-23-14-16-24(17-15-23)30-25-13-9-12-22(20-25)26(27)28/h4,9,12-17,20-21H,2-3,5-8,10-11,18-19H2,1H3,(H,27,28). The van der Waals surface area contributed by atoms with Gasteiger partial charge in [-0.15, -0.1) is 6.58 Å². The fourth-order valence-electron chi connectivity index (χ4n) is 3.43. The lowest BCUT2D eigenvalue weighted by Gasteiger charge is -2.16. The van der Waals surface area contributed by atoms with Gasteiger partial charge in [0, 0.05) is 0 Å². The van der Waals surface area contributed by atoms with Crippen LogP contribution in [0.3, 0.4) is 0 Å². The van der Waals surface area contributed by atoms with Gasteiger partial charge in [-0.1, -0.05) is 57.6 Å². The van der Waals surface area contributed by atoms with E-state index in [9.17, 15) is 4.79 Å². The van der Waals surface area contributed by atoms with Gasteiger partial charge in [0.05, 0.1) is 12.2 Å². The smallest absolute Gasteiger partial charge is 0.335 e. The summed E-state index contributed by atoms with van der Waals surface area (Å²) in [5.41, 5.74) is 0.201.